The first-order valence-corrected chi connectivity index (χ1v) is 5.42. The molecular weight excluding hydrogens is 214 g/mol. The fourth-order valence-corrected chi connectivity index (χ4v) is 1.39. The number of nitriles is 1. The normalized spacial score (nSPS) is 10.7. The van der Waals surface area contributed by atoms with Gasteiger partial charge < -0.3 is 11.1 Å². The van der Waals surface area contributed by atoms with Crippen LogP contribution in [0.1, 0.15) is 25.0 Å². The lowest BCUT2D eigenvalue weighted by Crippen LogP contribution is -2.37. The summed E-state index contributed by atoms with van der Waals surface area (Å²) < 4.78 is 0. The Hall–Kier alpha value is -2.02. The van der Waals surface area contributed by atoms with Gasteiger partial charge in [-0.1, -0.05) is 12.1 Å². The number of primary amides is 1. The molecule has 1 aromatic carbocycles. The fourth-order valence-electron chi connectivity index (χ4n) is 1.39. The highest BCUT2D eigenvalue weighted by Crippen LogP contribution is 2.22. The van der Waals surface area contributed by atoms with Gasteiger partial charge in [0.05, 0.1) is 16.7 Å². The lowest BCUT2D eigenvalue weighted by Gasteiger charge is -2.22. The summed E-state index contributed by atoms with van der Waals surface area (Å²) in [5.41, 5.74) is 6.97. The first-order valence-electron chi connectivity index (χ1n) is 5.42. The van der Waals surface area contributed by atoms with Crippen LogP contribution >= 0.6 is 0 Å². The van der Waals surface area contributed by atoms with Gasteiger partial charge in [-0.15, -0.1) is 0 Å². The number of carbonyl (C=O) groups is 1. The third kappa shape index (κ3) is 2.97. The average molecular weight is 231 g/mol. The SMILES string of the molecule is Cc1cccc(C#N)c1NCC(C)(C)C(N)=O. The number of hydrogen-bond donors (Lipinski definition) is 2. The molecule has 0 spiro atoms. The fraction of sp³-hybridized carbons (Fsp3) is 0.385. The lowest BCUT2D eigenvalue weighted by atomic mass is 9.92. The van der Waals surface area contributed by atoms with E-state index in [2.05, 4.69) is 11.4 Å². The van der Waals surface area contributed by atoms with Crippen LogP contribution in [0.15, 0.2) is 18.2 Å². The number of para-hydroxylation sites is 1. The van der Waals surface area contributed by atoms with Crippen molar-refractivity contribution in [1.29, 1.82) is 5.26 Å². The molecule has 0 aliphatic carbocycles. The molecule has 0 radical (unpaired) electrons. The van der Waals surface area contributed by atoms with Gasteiger partial charge in [0.25, 0.3) is 0 Å². The molecule has 3 N–H and O–H groups in total. The van der Waals surface area contributed by atoms with Crippen LogP contribution in [0.4, 0.5) is 5.69 Å². The highest BCUT2D eigenvalue weighted by Gasteiger charge is 2.25. The van der Waals surface area contributed by atoms with E-state index >= 15 is 0 Å². The Morgan fingerprint density at radius 3 is 2.71 bits per heavy atom. The Morgan fingerprint density at radius 1 is 1.53 bits per heavy atom. The highest BCUT2D eigenvalue weighted by atomic mass is 16.1. The van der Waals surface area contributed by atoms with E-state index in [0.717, 1.165) is 11.3 Å². The van der Waals surface area contributed by atoms with E-state index in [4.69, 9.17) is 11.0 Å². The van der Waals surface area contributed by atoms with Gasteiger partial charge in [-0.25, -0.2) is 0 Å². The maximum absolute atomic E-state index is 11.2. The zero-order valence-corrected chi connectivity index (χ0v) is 10.4. The number of benzene rings is 1. The van der Waals surface area contributed by atoms with Crippen LogP contribution in [0.25, 0.3) is 0 Å². The van der Waals surface area contributed by atoms with E-state index in [1.54, 1.807) is 19.9 Å². The number of anilines is 1. The highest BCUT2D eigenvalue weighted by molar-refractivity contribution is 5.80. The lowest BCUT2D eigenvalue weighted by molar-refractivity contribution is -0.125. The second-order valence-corrected chi connectivity index (χ2v) is 4.71. The van der Waals surface area contributed by atoms with Crippen molar-refractivity contribution >= 4 is 11.6 Å². The first kappa shape index (κ1) is 13.0. The minimum Gasteiger partial charge on any atom is -0.383 e. The molecule has 4 nitrogen and oxygen atoms in total. The number of rotatable bonds is 4. The summed E-state index contributed by atoms with van der Waals surface area (Å²) in [4.78, 5) is 11.2. The maximum Gasteiger partial charge on any atom is 0.224 e. The topological polar surface area (TPSA) is 78.9 Å². The van der Waals surface area contributed by atoms with Crippen molar-refractivity contribution < 1.29 is 4.79 Å². The standard InChI is InChI=1S/C13H17N3O/c1-9-5-4-6-10(7-14)11(9)16-8-13(2,3)12(15)17/h4-6,16H,8H2,1-3H3,(H2,15,17). The van der Waals surface area contributed by atoms with Gasteiger partial charge in [-0.05, 0) is 32.4 Å². The van der Waals surface area contributed by atoms with Gasteiger partial charge in [0.2, 0.25) is 5.91 Å². The Kier molecular flexibility index (Phi) is 3.74. The molecule has 90 valence electrons. The number of carbonyl (C=O) groups excluding carboxylic acids is 1. The summed E-state index contributed by atoms with van der Waals surface area (Å²) in [6.45, 7) is 5.86. The minimum absolute atomic E-state index is 0.364. The molecule has 0 saturated heterocycles. The van der Waals surface area contributed by atoms with Gasteiger partial charge >= 0.3 is 0 Å². The molecule has 0 bridgehead atoms. The average Bonchev–Trinajstić information content (AvgIpc) is 2.26. The molecule has 0 unspecified atom stereocenters. The van der Waals surface area contributed by atoms with Crippen LogP contribution < -0.4 is 11.1 Å². The van der Waals surface area contributed by atoms with Crippen molar-refractivity contribution in [2.24, 2.45) is 11.1 Å². The molecule has 4 heteroatoms. The molecule has 1 rings (SSSR count). The molecule has 0 aliphatic heterocycles. The van der Waals surface area contributed by atoms with Crippen molar-refractivity contribution in [3.8, 4) is 6.07 Å². The predicted octanol–water partition coefficient (Wildman–Crippen LogP) is 1.79. The summed E-state index contributed by atoms with van der Waals surface area (Å²) in [7, 11) is 0. The predicted molar refractivity (Wildman–Crippen MR) is 67.4 cm³/mol. The largest absolute Gasteiger partial charge is 0.383 e. The van der Waals surface area contributed by atoms with E-state index < -0.39 is 5.41 Å². The van der Waals surface area contributed by atoms with Gasteiger partial charge in [0, 0.05) is 6.54 Å². The molecule has 1 amide bonds. The quantitative estimate of drug-likeness (QED) is 0.829. The van der Waals surface area contributed by atoms with Gasteiger partial charge in [0.1, 0.15) is 6.07 Å². The Bertz CT molecular complexity index is 472. The summed E-state index contributed by atoms with van der Waals surface area (Å²) >= 11 is 0. The number of nitrogens with two attached hydrogens (primary N) is 1. The zero-order valence-electron chi connectivity index (χ0n) is 10.4. The van der Waals surface area contributed by atoms with Crippen LogP contribution in [0.2, 0.25) is 0 Å². The minimum atomic E-state index is -0.644. The molecule has 0 fully saturated rings. The van der Waals surface area contributed by atoms with Gasteiger partial charge in [-0.2, -0.15) is 5.26 Å². The molecule has 1 aromatic rings. The van der Waals surface area contributed by atoms with Gasteiger partial charge in [0.15, 0.2) is 0 Å². The Labute approximate surface area is 101 Å². The third-order valence-electron chi connectivity index (χ3n) is 2.77. The summed E-state index contributed by atoms with van der Waals surface area (Å²) in [6.07, 6.45) is 0. The number of hydrogen-bond acceptors (Lipinski definition) is 3. The number of nitrogens with zero attached hydrogens (tertiary/aromatic N) is 1. The van der Waals surface area contributed by atoms with Crippen LogP contribution in [0.3, 0.4) is 0 Å². The third-order valence-corrected chi connectivity index (χ3v) is 2.77. The van der Waals surface area contributed by atoms with Crippen molar-refractivity contribution in [3.05, 3.63) is 29.3 Å². The molecule has 0 heterocycles. The summed E-state index contributed by atoms with van der Waals surface area (Å²) in [5.74, 6) is -0.364. The molecule has 0 atom stereocenters. The molecule has 0 aliphatic rings. The first-order chi connectivity index (χ1) is 7.88. The van der Waals surface area contributed by atoms with E-state index in [0.29, 0.717) is 12.1 Å². The molecular formula is C13H17N3O. The second-order valence-electron chi connectivity index (χ2n) is 4.71. The van der Waals surface area contributed by atoms with Gasteiger partial charge in [-0.3, -0.25) is 4.79 Å². The number of amides is 1. The summed E-state index contributed by atoms with van der Waals surface area (Å²) in [5, 5.41) is 12.1. The molecule has 17 heavy (non-hydrogen) atoms. The van der Waals surface area contributed by atoms with Crippen LogP contribution in [0, 0.1) is 23.7 Å². The molecule has 0 aromatic heterocycles. The Balaban J connectivity index is 2.91. The van der Waals surface area contributed by atoms with E-state index in [1.807, 2.05) is 19.1 Å². The van der Waals surface area contributed by atoms with Crippen molar-refractivity contribution in [1.82, 2.24) is 0 Å². The van der Waals surface area contributed by atoms with E-state index in [1.165, 1.54) is 0 Å². The second kappa shape index (κ2) is 4.88. The zero-order chi connectivity index (χ0) is 13.1. The van der Waals surface area contributed by atoms with Crippen LogP contribution in [-0.2, 0) is 4.79 Å². The van der Waals surface area contributed by atoms with Crippen molar-refractivity contribution in [2.45, 2.75) is 20.8 Å². The summed E-state index contributed by atoms with van der Waals surface area (Å²) in [6, 6.07) is 7.61. The van der Waals surface area contributed by atoms with Crippen LogP contribution in [0.5, 0.6) is 0 Å². The Morgan fingerprint density at radius 2 is 2.18 bits per heavy atom. The van der Waals surface area contributed by atoms with Crippen molar-refractivity contribution in [3.63, 3.8) is 0 Å². The maximum atomic E-state index is 11.2. The van der Waals surface area contributed by atoms with E-state index in [-0.39, 0.29) is 5.91 Å². The monoisotopic (exact) mass is 231 g/mol. The van der Waals surface area contributed by atoms with Crippen LogP contribution in [-0.4, -0.2) is 12.5 Å². The van der Waals surface area contributed by atoms with E-state index in [9.17, 15) is 4.79 Å². The number of nitrogens with one attached hydrogen (secondary N) is 1. The molecule has 0 saturated carbocycles. The van der Waals surface area contributed by atoms with Crippen molar-refractivity contribution in [2.75, 3.05) is 11.9 Å². The number of aryl methyl sites for hydroxylation is 1. The smallest absolute Gasteiger partial charge is 0.224 e.